The first-order chi connectivity index (χ1) is 13.0. The second-order valence-corrected chi connectivity index (χ2v) is 6.29. The third-order valence-corrected chi connectivity index (χ3v) is 4.25. The lowest BCUT2D eigenvalue weighted by atomic mass is 10.2. The topological polar surface area (TPSA) is 124 Å². The molecule has 27 heavy (non-hydrogen) atoms. The predicted molar refractivity (Wildman–Crippen MR) is 93.9 cm³/mol. The Morgan fingerprint density at radius 1 is 1.41 bits per heavy atom. The molecule has 10 nitrogen and oxygen atoms in total. The maximum absolute atomic E-state index is 13.3. The zero-order chi connectivity index (χ0) is 19.0. The summed E-state index contributed by atoms with van der Waals surface area (Å²) in [5.74, 6) is -0.953. The van der Waals surface area contributed by atoms with Crippen molar-refractivity contribution in [1.82, 2.24) is 29.5 Å². The monoisotopic (exact) mass is 372 g/mol. The second kappa shape index (κ2) is 6.76. The molecule has 0 unspecified atom stereocenters. The molecule has 4 heterocycles. The van der Waals surface area contributed by atoms with Gasteiger partial charge in [-0.05, 0) is 13.5 Å². The number of amides is 1. The molecule has 3 aromatic heterocycles. The number of hydrogen-bond donors (Lipinski definition) is 2. The van der Waals surface area contributed by atoms with Crippen molar-refractivity contribution in [3.05, 3.63) is 36.3 Å². The Morgan fingerprint density at radius 3 is 3.04 bits per heavy atom. The van der Waals surface area contributed by atoms with E-state index in [4.69, 9.17) is 10.5 Å². The van der Waals surface area contributed by atoms with Gasteiger partial charge in [0.15, 0.2) is 17.3 Å². The van der Waals surface area contributed by atoms with Gasteiger partial charge in [-0.1, -0.05) is 0 Å². The largest absolute Gasteiger partial charge is 0.471 e. The summed E-state index contributed by atoms with van der Waals surface area (Å²) in [4.78, 5) is 26.8. The highest BCUT2D eigenvalue weighted by molar-refractivity contribution is 6.11. The molecule has 4 rings (SSSR count). The van der Waals surface area contributed by atoms with Crippen molar-refractivity contribution in [1.29, 1.82) is 0 Å². The number of ether oxygens (including phenoxy) is 1. The fourth-order valence-corrected chi connectivity index (χ4v) is 2.98. The summed E-state index contributed by atoms with van der Waals surface area (Å²) in [5, 5.41) is 6.59. The van der Waals surface area contributed by atoms with Crippen molar-refractivity contribution in [2.24, 2.45) is 0 Å². The average Bonchev–Trinajstić information content (AvgIpc) is 3.18. The number of anilines is 2. The Kier molecular flexibility index (Phi) is 4.28. The maximum Gasteiger partial charge on any atom is 0.263 e. The highest BCUT2D eigenvalue weighted by Gasteiger charge is 2.25. The van der Waals surface area contributed by atoms with E-state index in [2.05, 4.69) is 30.3 Å². The Morgan fingerprint density at radius 2 is 2.26 bits per heavy atom. The van der Waals surface area contributed by atoms with Crippen LogP contribution in [0, 0.1) is 5.82 Å². The summed E-state index contributed by atoms with van der Waals surface area (Å²) >= 11 is 0. The number of carbonyl (C=O) groups is 1. The van der Waals surface area contributed by atoms with Crippen LogP contribution in [0.4, 0.5) is 15.9 Å². The van der Waals surface area contributed by atoms with Crippen molar-refractivity contribution >= 4 is 23.1 Å². The number of aromatic nitrogens is 5. The summed E-state index contributed by atoms with van der Waals surface area (Å²) in [6, 6.07) is 0. The van der Waals surface area contributed by atoms with Gasteiger partial charge in [0.25, 0.3) is 5.91 Å². The molecule has 0 saturated carbocycles. The van der Waals surface area contributed by atoms with E-state index in [9.17, 15) is 9.18 Å². The lowest BCUT2D eigenvalue weighted by Gasteiger charge is -2.15. The molecule has 1 atom stereocenters. The maximum atomic E-state index is 13.3. The Bertz CT molecular complexity index is 1010. The van der Waals surface area contributed by atoms with E-state index in [-0.39, 0.29) is 29.0 Å². The van der Waals surface area contributed by atoms with Crippen LogP contribution in [0.2, 0.25) is 0 Å². The van der Waals surface area contributed by atoms with E-state index in [1.165, 1.54) is 12.5 Å². The van der Waals surface area contributed by atoms with E-state index in [1.54, 1.807) is 0 Å². The van der Waals surface area contributed by atoms with Crippen LogP contribution in [-0.4, -0.2) is 61.6 Å². The molecule has 0 aromatic carbocycles. The number of hydrogen-bond acceptors (Lipinski definition) is 8. The Labute approximate surface area is 153 Å². The Balaban J connectivity index is 1.60. The summed E-state index contributed by atoms with van der Waals surface area (Å²) in [5.41, 5.74) is 6.30. The molecule has 3 aromatic rings. The lowest BCUT2D eigenvalue weighted by Crippen LogP contribution is -2.23. The number of nitrogens with two attached hydrogens (primary N) is 1. The van der Waals surface area contributed by atoms with Crippen LogP contribution >= 0.6 is 0 Å². The molecular weight excluding hydrogens is 355 g/mol. The molecule has 11 heteroatoms. The number of likely N-dealkylation sites (tertiary alicyclic amines) is 1. The summed E-state index contributed by atoms with van der Waals surface area (Å²) in [6.07, 6.45) is 5.71. The molecule has 1 amide bonds. The van der Waals surface area contributed by atoms with Gasteiger partial charge in [-0.3, -0.25) is 4.79 Å². The number of nitrogens with zero attached hydrogens (tertiary/aromatic N) is 6. The zero-order valence-electron chi connectivity index (χ0n) is 14.5. The first-order valence-electron chi connectivity index (χ1n) is 8.27. The smallest absolute Gasteiger partial charge is 0.263 e. The van der Waals surface area contributed by atoms with Crippen molar-refractivity contribution < 1.29 is 13.9 Å². The van der Waals surface area contributed by atoms with E-state index in [1.807, 2.05) is 7.05 Å². The lowest BCUT2D eigenvalue weighted by molar-refractivity contribution is 0.102. The number of carbonyl (C=O) groups excluding carboxylic acids is 1. The highest BCUT2D eigenvalue weighted by Crippen LogP contribution is 2.25. The number of nitrogen functional groups attached to an aromatic ring is 1. The van der Waals surface area contributed by atoms with Gasteiger partial charge in [-0.15, -0.1) is 5.10 Å². The molecule has 3 N–H and O–H groups in total. The Hall–Kier alpha value is -3.34. The minimum absolute atomic E-state index is 0.0211. The SMILES string of the molecule is CN1CC[C@H](Oc2ncncc2NC(=O)c2c(N)nn3cc(F)cnc23)C1. The predicted octanol–water partition coefficient (Wildman–Crippen LogP) is 0.576. The van der Waals surface area contributed by atoms with E-state index < -0.39 is 11.7 Å². The van der Waals surface area contributed by atoms with E-state index in [0.717, 1.165) is 36.4 Å². The number of halogens is 1. The quantitative estimate of drug-likeness (QED) is 0.681. The van der Waals surface area contributed by atoms with Crippen molar-refractivity contribution in [2.75, 3.05) is 31.2 Å². The number of nitrogens with one attached hydrogen (secondary N) is 1. The van der Waals surface area contributed by atoms with Crippen molar-refractivity contribution in [2.45, 2.75) is 12.5 Å². The van der Waals surface area contributed by atoms with Gasteiger partial charge in [0, 0.05) is 13.1 Å². The molecule has 0 aliphatic carbocycles. The second-order valence-electron chi connectivity index (χ2n) is 6.29. The van der Waals surface area contributed by atoms with Crippen LogP contribution in [-0.2, 0) is 0 Å². The van der Waals surface area contributed by atoms with Gasteiger partial charge < -0.3 is 20.7 Å². The van der Waals surface area contributed by atoms with Crippen LogP contribution < -0.4 is 15.8 Å². The van der Waals surface area contributed by atoms with Gasteiger partial charge in [-0.2, -0.15) is 4.98 Å². The van der Waals surface area contributed by atoms with Crippen LogP contribution in [0.5, 0.6) is 5.88 Å². The third kappa shape index (κ3) is 3.36. The zero-order valence-corrected chi connectivity index (χ0v) is 14.5. The molecule has 1 saturated heterocycles. The summed E-state index contributed by atoms with van der Waals surface area (Å²) in [6.45, 7) is 1.70. The van der Waals surface area contributed by atoms with Crippen LogP contribution in [0.15, 0.2) is 24.9 Å². The first-order valence-corrected chi connectivity index (χ1v) is 8.27. The fourth-order valence-electron chi connectivity index (χ4n) is 2.98. The highest BCUT2D eigenvalue weighted by atomic mass is 19.1. The average molecular weight is 372 g/mol. The number of rotatable bonds is 4. The standard InChI is InChI=1S/C16H17FN8O2/c1-24-3-2-10(7-24)27-16-11(5-19-8-21-16)22-15(26)12-13(18)23-25-6-9(17)4-20-14(12)25/h4-6,8,10H,2-3,7H2,1H3,(H2,18,23)(H,22,26)/t10-/m0/s1. The molecule has 0 spiro atoms. The van der Waals surface area contributed by atoms with Crippen LogP contribution in [0.3, 0.4) is 0 Å². The van der Waals surface area contributed by atoms with Crippen molar-refractivity contribution in [3.63, 3.8) is 0 Å². The van der Waals surface area contributed by atoms with Crippen molar-refractivity contribution in [3.8, 4) is 5.88 Å². The van der Waals surface area contributed by atoms with Gasteiger partial charge >= 0.3 is 0 Å². The van der Waals surface area contributed by atoms with Gasteiger partial charge in [-0.25, -0.2) is 18.9 Å². The molecule has 1 fully saturated rings. The van der Waals surface area contributed by atoms with Crippen LogP contribution in [0.1, 0.15) is 16.8 Å². The molecule has 0 radical (unpaired) electrons. The summed E-state index contributed by atoms with van der Waals surface area (Å²) in [7, 11) is 2.01. The fraction of sp³-hybridized carbons (Fsp3) is 0.312. The van der Waals surface area contributed by atoms with Crippen LogP contribution in [0.25, 0.3) is 5.65 Å². The first kappa shape index (κ1) is 17.1. The van der Waals surface area contributed by atoms with E-state index in [0.29, 0.717) is 5.69 Å². The normalized spacial score (nSPS) is 17.3. The van der Waals surface area contributed by atoms with Gasteiger partial charge in [0.05, 0.1) is 18.6 Å². The minimum Gasteiger partial charge on any atom is -0.471 e. The molecule has 1 aliphatic rings. The number of likely N-dealkylation sites (N-methyl/N-ethyl adjacent to an activating group) is 1. The molecule has 1 aliphatic heterocycles. The molecule has 0 bridgehead atoms. The summed E-state index contributed by atoms with van der Waals surface area (Å²) < 4.78 is 20.3. The molecule has 140 valence electrons. The van der Waals surface area contributed by atoms with E-state index >= 15 is 0 Å². The van der Waals surface area contributed by atoms with Gasteiger partial charge in [0.2, 0.25) is 5.88 Å². The third-order valence-electron chi connectivity index (χ3n) is 4.25. The minimum atomic E-state index is -0.592. The van der Waals surface area contributed by atoms with Gasteiger partial charge in [0.1, 0.15) is 23.7 Å². The number of fused-ring (bicyclic) bond motifs is 1. The molecular formula is C16H17FN8O2.